The van der Waals surface area contributed by atoms with Gasteiger partial charge in [0, 0.05) is 13.1 Å². The molecule has 1 amide bonds. The predicted molar refractivity (Wildman–Crippen MR) is 69.2 cm³/mol. The van der Waals surface area contributed by atoms with E-state index in [1.165, 1.54) is 6.08 Å². The molecule has 0 aromatic rings. The lowest BCUT2D eigenvalue weighted by Gasteiger charge is -2.18. The van der Waals surface area contributed by atoms with Crippen LogP contribution in [-0.2, 0) is 4.79 Å². The molecule has 0 spiro atoms. The van der Waals surface area contributed by atoms with Crippen molar-refractivity contribution in [3.63, 3.8) is 0 Å². The molecule has 0 N–H and O–H groups in total. The van der Waals surface area contributed by atoms with Crippen molar-refractivity contribution < 1.29 is 9.59 Å². The first-order valence-corrected chi connectivity index (χ1v) is 6.58. The summed E-state index contributed by atoms with van der Waals surface area (Å²) in [4.78, 5) is 26.1. The molecule has 0 rings (SSSR count). The highest BCUT2D eigenvalue weighted by molar-refractivity contribution is 6.62. The second kappa shape index (κ2) is 11.6. The van der Waals surface area contributed by atoms with Gasteiger partial charge in [-0.25, -0.2) is 9.79 Å². The summed E-state index contributed by atoms with van der Waals surface area (Å²) < 4.78 is 0. The second-order valence-electron chi connectivity index (χ2n) is 3.98. The number of halogens is 1. The monoisotopic (exact) mass is 260 g/mol. The average molecular weight is 261 g/mol. The first kappa shape index (κ1) is 16.1. The molecule has 0 aromatic carbocycles. The van der Waals surface area contributed by atoms with Gasteiger partial charge in [0.05, 0.1) is 6.54 Å². The van der Waals surface area contributed by atoms with Gasteiger partial charge >= 0.3 is 5.37 Å². The molecule has 0 aliphatic heterocycles. The molecular formula is C12H21ClN2O2. The first-order chi connectivity index (χ1) is 8.22. The van der Waals surface area contributed by atoms with Crippen LogP contribution in [0.25, 0.3) is 0 Å². The Kier molecular flexibility index (Phi) is 11.0. The lowest BCUT2D eigenvalue weighted by atomic mass is 10.2. The predicted octanol–water partition coefficient (Wildman–Crippen LogP) is 3.34. The highest BCUT2D eigenvalue weighted by Crippen LogP contribution is 2.06. The number of hydrogen-bond donors (Lipinski definition) is 0. The molecule has 0 heterocycles. The van der Waals surface area contributed by atoms with Crippen LogP contribution in [0.4, 0.5) is 4.79 Å². The van der Waals surface area contributed by atoms with Crippen molar-refractivity contribution in [3.8, 4) is 0 Å². The Morgan fingerprint density at radius 1 is 1.18 bits per heavy atom. The topological polar surface area (TPSA) is 49.7 Å². The van der Waals surface area contributed by atoms with E-state index in [0.717, 1.165) is 51.6 Å². The number of isocyanates is 1. The smallest absolute Gasteiger partial charge is 0.316 e. The van der Waals surface area contributed by atoms with Crippen molar-refractivity contribution in [3.05, 3.63) is 0 Å². The van der Waals surface area contributed by atoms with Crippen LogP contribution in [0.3, 0.4) is 0 Å². The van der Waals surface area contributed by atoms with Crippen LogP contribution in [0.5, 0.6) is 0 Å². The number of carbonyl (C=O) groups excluding carboxylic acids is 2. The van der Waals surface area contributed by atoms with Gasteiger partial charge in [-0.2, -0.15) is 0 Å². The fraction of sp³-hybridized carbons (Fsp3) is 0.833. The zero-order valence-electron chi connectivity index (χ0n) is 10.5. The number of nitrogens with zero attached hydrogens (tertiary/aromatic N) is 2. The molecule has 0 radical (unpaired) electrons. The quantitative estimate of drug-likeness (QED) is 0.199. The Labute approximate surface area is 108 Å². The summed E-state index contributed by atoms with van der Waals surface area (Å²) in [5.41, 5.74) is 0. The number of rotatable bonds is 10. The Morgan fingerprint density at radius 3 is 2.41 bits per heavy atom. The highest BCUT2D eigenvalue weighted by atomic mass is 35.5. The van der Waals surface area contributed by atoms with Crippen LogP contribution in [-0.4, -0.2) is 36.0 Å². The molecule has 98 valence electrons. The van der Waals surface area contributed by atoms with E-state index in [9.17, 15) is 9.59 Å². The fourth-order valence-corrected chi connectivity index (χ4v) is 1.70. The van der Waals surface area contributed by atoms with Crippen molar-refractivity contribution >= 4 is 23.0 Å². The Bertz CT molecular complexity index is 253. The third-order valence-corrected chi connectivity index (χ3v) is 2.78. The fourth-order valence-electron chi connectivity index (χ4n) is 1.53. The number of unbranched alkanes of at least 4 members (excludes halogenated alkanes) is 4. The van der Waals surface area contributed by atoms with Crippen LogP contribution in [0.2, 0.25) is 0 Å². The molecule has 0 saturated carbocycles. The summed E-state index contributed by atoms with van der Waals surface area (Å²) in [7, 11) is 0. The van der Waals surface area contributed by atoms with Crippen molar-refractivity contribution in [2.24, 2.45) is 4.99 Å². The Hall–Kier alpha value is -0.860. The minimum Gasteiger partial charge on any atom is -0.329 e. The molecular weight excluding hydrogens is 240 g/mol. The molecule has 0 saturated heterocycles. The minimum absolute atomic E-state index is 0.357. The summed E-state index contributed by atoms with van der Waals surface area (Å²) in [5.74, 6) is 0. The molecule has 0 atom stereocenters. The molecule has 0 aromatic heterocycles. The van der Waals surface area contributed by atoms with Crippen LogP contribution in [0.1, 0.15) is 45.4 Å². The lowest BCUT2D eigenvalue weighted by Crippen LogP contribution is -2.28. The van der Waals surface area contributed by atoms with E-state index in [0.29, 0.717) is 6.54 Å². The van der Waals surface area contributed by atoms with Crippen LogP contribution in [0, 0.1) is 0 Å². The zero-order valence-corrected chi connectivity index (χ0v) is 11.2. The normalized spacial score (nSPS) is 9.76. The van der Waals surface area contributed by atoms with E-state index in [1.54, 1.807) is 4.90 Å². The summed E-state index contributed by atoms with van der Waals surface area (Å²) in [6.45, 7) is 4.11. The molecule has 0 aliphatic carbocycles. The van der Waals surface area contributed by atoms with Gasteiger partial charge in [0.25, 0.3) is 0 Å². The minimum atomic E-state index is -0.357. The van der Waals surface area contributed by atoms with Gasteiger partial charge in [-0.15, -0.1) is 0 Å². The zero-order chi connectivity index (χ0) is 12.9. The van der Waals surface area contributed by atoms with Gasteiger partial charge in [0.2, 0.25) is 6.08 Å². The van der Waals surface area contributed by atoms with Crippen LogP contribution < -0.4 is 0 Å². The summed E-state index contributed by atoms with van der Waals surface area (Å²) in [5, 5.41) is -0.357. The second-order valence-corrected chi connectivity index (χ2v) is 4.30. The van der Waals surface area contributed by atoms with Crippen LogP contribution >= 0.6 is 11.6 Å². The van der Waals surface area contributed by atoms with E-state index in [1.807, 2.05) is 0 Å². The van der Waals surface area contributed by atoms with Gasteiger partial charge in [0.15, 0.2) is 0 Å². The van der Waals surface area contributed by atoms with Gasteiger partial charge in [-0.3, -0.25) is 4.79 Å². The van der Waals surface area contributed by atoms with Gasteiger partial charge in [0.1, 0.15) is 0 Å². The van der Waals surface area contributed by atoms with Crippen molar-refractivity contribution in [1.29, 1.82) is 0 Å². The SMILES string of the molecule is CCCCN(CCCCCCN=C=O)C(=O)Cl. The average Bonchev–Trinajstić information content (AvgIpc) is 2.31. The van der Waals surface area contributed by atoms with E-state index in [4.69, 9.17) is 11.6 Å². The maximum absolute atomic E-state index is 11.1. The highest BCUT2D eigenvalue weighted by Gasteiger charge is 2.08. The molecule has 0 aliphatic rings. The van der Waals surface area contributed by atoms with Gasteiger partial charge < -0.3 is 4.90 Å². The number of aliphatic imine (C=N–C) groups is 1. The molecule has 0 unspecified atom stereocenters. The number of carbonyl (C=O) groups is 1. The number of amides is 1. The number of hydrogen-bond acceptors (Lipinski definition) is 3. The summed E-state index contributed by atoms with van der Waals surface area (Å²) >= 11 is 5.49. The first-order valence-electron chi connectivity index (χ1n) is 6.20. The molecule has 5 heteroatoms. The van der Waals surface area contributed by atoms with Crippen molar-refractivity contribution in [2.45, 2.75) is 45.4 Å². The molecule has 0 fully saturated rings. The Morgan fingerprint density at radius 2 is 1.82 bits per heavy atom. The third-order valence-electron chi connectivity index (χ3n) is 2.54. The van der Waals surface area contributed by atoms with Crippen molar-refractivity contribution in [2.75, 3.05) is 19.6 Å². The van der Waals surface area contributed by atoms with E-state index in [-0.39, 0.29) is 5.37 Å². The molecule has 4 nitrogen and oxygen atoms in total. The summed E-state index contributed by atoms with van der Waals surface area (Å²) in [6.07, 6.45) is 7.47. The lowest BCUT2D eigenvalue weighted by molar-refractivity contribution is 0.219. The molecule has 0 bridgehead atoms. The van der Waals surface area contributed by atoms with Crippen LogP contribution in [0.15, 0.2) is 4.99 Å². The van der Waals surface area contributed by atoms with E-state index < -0.39 is 0 Å². The standard InChI is InChI=1S/C12H21ClN2O2/c1-2-3-9-15(12(13)17)10-7-5-4-6-8-14-11-16/h2-10H2,1H3. The van der Waals surface area contributed by atoms with Crippen molar-refractivity contribution in [1.82, 2.24) is 4.90 Å². The summed E-state index contributed by atoms with van der Waals surface area (Å²) in [6, 6.07) is 0. The van der Waals surface area contributed by atoms with E-state index in [2.05, 4.69) is 11.9 Å². The third kappa shape index (κ3) is 10.0. The molecule has 17 heavy (non-hydrogen) atoms. The van der Waals surface area contributed by atoms with E-state index >= 15 is 0 Å². The van der Waals surface area contributed by atoms with Gasteiger partial charge in [-0.05, 0) is 30.9 Å². The largest absolute Gasteiger partial charge is 0.329 e. The Balaban J connectivity index is 3.53. The maximum Gasteiger partial charge on any atom is 0.316 e. The van der Waals surface area contributed by atoms with Gasteiger partial charge in [-0.1, -0.05) is 26.2 Å². The maximum atomic E-state index is 11.1.